The van der Waals surface area contributed by atoms with Crippen LogP contribution in [0.15, 0.2) is 12.1 Å². The van der Waals surface area contributed by atoms with Gasteiger partial charge >= 0.3 is 5.97 Å². The van der Waals surface area contributed by atoms with Gasteiger partial charge in [0.05, 0.1) is 0 Å². The molecule has 1 aliphatic heterocycles. The molecule has 1 aromatic rings. The maximum absolute atomic E-state index is 12.4. The molecule has 0 spiro atoms. The van der Waals surface area contributed by atoms with E-state index >= 15 is 0 Å². The van der Waals surface area contributed by atoms with Crippen LogP contribution in [0, 0.1) is 0 Å². The zero-order chi connectivity index (χ0) is 14.0. The van der Waals surface area contributed by atoms with Gasteiger partial charge in [0.25, 0.3) is 5.91 Å². The van der Waals surface area contributed by atoms with Gasteiger partial charge in [-0.2, -0.15) is 0 Å². The lowest BCUT2D eigenvalue weighted by atomic mass is 10.1. The van der Waals surface area contributed by atoms with Crippen molar-refractivity contribution in [2.45, 2.75) is 32.2 Å². The summed E-state index contributed by atoms with van der Waals surface area (Å²) in [6.45, 7) is 2.39. The molecule has 2 heterocycles. The summed E-state index contributed by atoms with van der Waals surface area (Å²) in [4.78, 5) is 29.0. The number of likely N-dealkylation sites (tertiary alicyclic amines) is 1. The van der Waals surface area contributed by atoms with E-state index in [2.05, 4.69) is 4.98 Å². The van der Waals surface area contributed by atoms with Gasteiger partial charge in [0.2, 0.25) is 0 Å². The van der Waals surface area contributed by atoms with Crippen molar-refractivity contribution in [3.63, 3.8) is 0 Å². The molecule has 19 heavy (non-hydrogen) atoms. The molecule has 0 aliphatic carbocycles. The number of carbonyl (C=O) groups excluding carboxylic acids is 1. The van der Waals surface area contributed by atoms with E-state index in [0.29, 0.717) is 31.4 Å². The number of carboxylic acids is 1. The van der Waals surface area contributed by atoms with Gasteiger partial charge in [-0.15, -0.1) is 0 Å². The van der Waals surface area contributed by atoms with E-state index in [1.165, 1.54) is 11.0 Å². The smallest absolute Gasteiger partial charge is 0.326 e. The van der Waals surface area contributed by atoms with Gasteiger partial charge in [-0.1, -0.05) is 18.5 Å². The van der Waals surface area contributed by atoms with E-state index in [1.807, 2.05) is 6.92 Å². The molecule has 1 aliphatic rings. The van der Waals surface area contributed by atoms with Crippen molar-refractivity contribution >= 4 is 23.5 Å². The van der Waals surface area contributed by atoms with Gasteiger partial charge in [0.1, 0.15) is 11.2 Å². The van der Waals surface area contributed by atoms with E-state index in [4.69, 9.17) is 16.7 Å². The van der Waals surface area contributed by atoms with Crippen molar-refractivity contribution in [3.8, 4) is 0 Å². The highest BCUT2D eigenvalue weighted by atomic mass is 35.5. The number of carboxylic acid groups (broad SMARTS) is 1. The molecular formula is C13H15ClN2O3. The minimum absolute atomic E-state index is 0.258. The summed E-state index contributed by atoms with van der Waals surface area (Å²) < 4.78 is 0. The molecule has 102 valence electrons. The largest absolute Gasteiger partial charge is 0.480 e. The number of aromatic nitrogens is 1. The Hall–Kier alpha value is -1.62. The first kappa shape index (κ1) is 13.8. The molecule has 0 radical (unpaired) electrons. The number of halogens is 1. The third kappa shape index (κ3) is 2.87. The molecule has 0 unspecified atom stereocenters. The lowest BCUT2D eigenvalue weighted by molar-refractivity contribution is -0.141. The number of aliphatic carboxylic acids is 1. The molecule has 1 saturated heterocycles. The molecule has 1 fully saturated rings. The van der Waals surface area contributed by atoms with Gasteiger partial charge in [-0.05, 0) is 31.4 Å². The Labute approximate surface area is 116 Å². The van der Waals surface area contributed by atoms with Gasteiger partial charge in [0.15, 0.2) is 0 Å². The monoisotopic (exact) mass is 282 g/mol. The lowest BCUT2D eigenvalue weighted by Gasteiger charge is -2.21. The Morgan fingerprint density at radius 2 is 2.26 bits per heavy atom. The van der Waals surface area contributed by atoms with Gasteiger partial charge in [-0.3, -0.25) is 4.79 Å². The molecule has 0 bridgehead atoms. The predicted octanol–water partition coefficient (Wildman–Crippen LogP) is 1.99. The topological polar surface area (TPSA) is 70.5 Å². The van der Waals surface area contributed by atoms with Crippen LogP contribution in [0.1, 0.15) is 35.8 Å². The Bertz CT molecular complexity index is 519. The van der Waals surface area contributed by atoms with Crippen LogP contribution < -0.4 is 0 Å². The van der Waals surface area contributed by atoms with Crippen LogP contribution in [0.4, 0.5) is 0 Å². The Kier molecular flexibility index (Phi) is 4.04. The average Bonchev–Trinajstić information content (AvgIpc) is 2.86. The maximum atomic E-state index is 12.4. The second kappa shape index (κ2) is 5.57. The quantitative estimate of drug-likeness (QED) is 0.861. The number of nitrogens with zero attached hydrogens (tertiary/aromatic N) is 2. The Morgan fingerprint density at radius 1 is 1.53 bits per heavy atom. The molecule has 6 heteroatoms. The van der Waals surface area contributed by atoms with Gasteiger partial charge < -0.3 is 10.0 Å². The third-order valence-corrected chi connectivity index (χ3v) is 3.45. The molecule has 2 rings (SSSR count). The van der Waals surface area contributed by atoms with Gasteiger partial charge in [-0.25, -0.2) is 9.78 Å². The first-order valence-electron chi connectivity index (χ1n) is 6.23. The molecular weight excluding hydrogens is 268 g/mol. The Morgan fingerprint density at radius 3 is 2.89 bits per heavy atom. The number of pyridine rings is 1. The molecule has 1 N–H and O–H groups in total. The van der Waals surface area contributed by atoms with Crippen molar-refractivity contribution in [3.05, 3.63) is 28.5 Å². The van der Waals surface area contributed by atoms with E-state index in [-0.39, 0.29) is 11.1 Å². The van der Waals surface area contributed by atoms with Crippen LogP contribution in [-0.2, 0) is 11.2 Å². The second-order valence-corrected chi connectivity index (χ2v) is 4.91. The van der Waals surface area contributed by atoms with E-state index in [9.17, 15) is 9.59 Å². The van der Waals surface area contributed by atoms with E-state index in [1.54, 1.807) is 6.07 Å². The second-order valence-electron chi connectivity index (χ2n) is 4.52. The summed E-state index contributed by atoms with van der Waals surface area (Å²) in [5.41, 5.74) is 1.13. The highest BCUT2D eigenvalue weighted by Gasteiger charge is 2.34. The van der Waals surface area contributed by atoms with Crippen molar-refractivity contribution in [2.75, 3.05) is 6.54 Å². The van der Waals surface area contributed by atoms with Crippen molar-refractivity contribution in [1.29, 1.82) is 0 Å². The van der Waals surface area contributed by atoms with Crippen LogP contribution in [0.2, 0.25) is 5.15 Å². The van der Waals surface area contributed by atoms with E-state index in [0.717, 1.165) is 5.69 Å². The van der Waals surface area contributed by atoms with Crippen molar-refractivity contribution in [2.24, 2.45) is 0 Å². The predicted molar refractivity (Wildman–Crippen MR) is 70.3 cm³/mol. The molecule has 1 amide bonds. The van der Waals surface area contributed by atoms with Crippen LogP contribution in [0.3, 0.4) is 0 Å². The highest BCUT2D eigenvalue weighted by molar-refractivity contribution is 6.29. The molecule has 5 nitrogen and oxygen atoms in total. The summed E-state index contributed by atoms with van der Waals surface area (Å²) in [6.07, 6.45) is 1.88. The lowest BCUT2D eigenvalue weighted by Crippen LogP contribution is -2.40. The first-order chi connectivity index (χ1) is 9.02. The fourth-order valence-corrected chi connectivity index (χ4v) is 2.51. The molecule has 1 aromatic heterocycles. The number of aryl methyl sites for hydroxylation is 1. The summed E-state index contributed by atoms with van der Waals surface area (Å²) in [7, 11) is 0. The van der Waals surface area contributed by atoms with Crippen LogP contribution >= 0.6 is 11.6 Å². The fourth-order valence-electron chi connectivity index (χ4n) is 2.29. The van der Waals surface area contributed by atoms with E-state index < -0.39 is 12.0 Å². The number of hydrogen-bond acceptors (Lipinski definition) is 3. The molecule has 0 aromatic carbocycles. The number of carbonyl (C=O) groups is 2. The molecule has 1 atom stereocenters. The highest BCUT2D eigenvalue weighted by Crippen LogP contribution is 2.22. The number of amides is 1. The Balaban J connectivity index is 2.28. The van der Waals surface area contributed by atoms with Crippen molar-refractivity contribution < 1.29 is 14.7 Å². The van der Waals surface area contributed by atoms with Crippen LogP contribution in [-0.4, -0.2) is 39.5 Å². The SMILES string of the molecule is CCc1cc(C(=O)N2CCC[C@H]2C(=O)O)cc(Cl)n1. The summed E-state index contributed by atoms with van der Waals surface area (Å²) >= 11 is 5.88. The van der Waals surface area contributed by atoms with Gasteiger partial charge in [0, 0.05) is 17.8 Å². The third-order valence-electron chi connectivity index (χ3n) is 3.26. The summed E-state index contributed by atoms with van der Waals surface area (Å²) in [5.74, 6) is -1.24. The fraction of sp³-hybridized carbons (Fsp3) is 0.462. The summed E-state index contributed by atoms with van der Waals surface area (Å²) in [5, 5.41) is 9.36. The zero-order valence-corrected chi connectivity index (χ0v) is 11.4. The van der Waals surface area contributed by atoms with Crippen LogP contribution in [0.25, 0.3) is 0 Å². The minimum atomic E-state index is -0.957. The summed E-state index contributed by atoms with van der Waals surface area (Å²) in [6, 6.07) is 2.43. The van der Waals surface area contributed by atoms with Crippen molar-refractivity contribution in [1.82, 2.24) is 9.88 Å². The standard InChI is InChI=1S/C13H15ClN2O3/c1-2-9-6-8(7-11(14)15-9)12(17)16-5-3-4-10(16)13(18)19/h6-7,10H,2-5H2,1H3,(H,18,19)/t10-/m0/s1. The van der Waals surface area contributed by atoms with Crippen LogP contribution in [0.5, 0.6) is 0 Å². The maximum Gasteiger partial charge on any atom is 0.326 e. The minimum Gasteiger partial charge on any atom is -0.480 e. The number of hydrogen-bond donors (Lipinski definition) is 1. The normalized spacial score (nSPS) is 18.6. The zero-order valence-electron chi connectivity index (χ0n) is 10.6. The first-order valence-corrected chi connectivity index (χ1v) is 6.61. The average molecular weight is 283 g/mol. The molecule has 0 saturated carbocycles. The number of rotatable bonds is 3.